The van der Waals surface area contributed by atoms with Crippen LogP contribution >= 0.6 is 11.8 Å². The van der Waals surface area contributed by atoms with Crippen LogP contribution in [-0.4, -0.2) is 41.0 Å². The zero-order chi connectivity index (χ0) is 14.3. The molecular weight excluding hydrogens is 273 g/mol. The highest BCUT2D eigenvalue weighted by atomic mass is 32.2. The molecule has 0 aliphatic rings. The summed E-state index contributed by atoms with van der Waals surface area (Å²) in [6.07, 6.45) is 0. The predicted octanol–water partition coefficient (Wildman–Crippen LogP) is 1.65. The van der Waals surface area contributed by atoms with E-state index in [0.717, 1.165) is 0 Å². The number of amides is 2. The molecule has 0 aromatic rings. The minimum atomic E-state index is -4.33. The molecule has 2 amide bonds. The summed E-state index contributed by atoms with van der Waals surface area (Å²) in [5.41, 5.74) is -4.33. The standard InChI is InChI=1S/C9H15F3N2O3S/c1-5(2)6(7(15)16)14-8(17)13-3-4-18-9(10,11)12/h5-6H,3-4H2,1-2H3,(H,15,16)(H2,13,14,17)/t6-/m0/s1. The second-order valence-corrected chi connectivity index (χ2v) is 4.91. The van der Waals surface area contributed by atoms with Crippen molar-refractivity contribution in [3.05, 3.63) is 0 Å². The van der Waals surface area contributed by atoms with Gasteiger partial charge in [-0.1, -0.05) is 13.8 Å². The van der Waals surface area contributed by atoms with Crippen LogP contribution < -0.4 is 10.6 Å². The van der Waals surface area contributed by atoms with Crippen molar-refractivity contribution in [3.8, 4) is 0 Å². The smallest absolute Gasteiger partial charge is 0.441 e. The van der Waals surface area contributed by atoms with E-state index in [1.54, 1.807) is 13.8 Å². The topological polar surface area (TPSA) is 78.4 Å². The Labute approximate surface area is 106 Å². The molecule has 0 aromatic heterocycles. The van der Waals surface area contributed by atoms with Gasteiger partial charge in [0.05, 0.1) is 0 Å². The first-order valence-corrected chi connectivity index (χ1v) is 6.10. The van der Waals surface area contributed by atoms with Gasteiger partial charge in [-0.05, 0) is 17.7 Å². The highest BCUT2D eigenvalue weighted by Crippen LogP contribution is 2.29. The van der Waals surface area contributed by atoms with Crippen LogP contribution in [0.1, 0.15) is 13.8 Å². The molecule has 0 heterocycles. The van der Waals surface area contributed by atoms with E-state index in [1.807, 2.05) is 0 Å². The predicted molar refractivity (Wildman–Crippen MR) is 61.3 cm³/mol. The van der Waals surface area contributed by atoms with Gasteiger partial charge in [0.15, 0.2) is 0 Å². The number of hydrogen-bond donors (Lipinski definition) is 3. The number of rotatable bonds is 6. The van der Waals surface area contributed by atoms with Crippen molar-refractivity contribution < 1.29 is 27.9 Å². The van der Waals surface area contributed by atoms with E-state index < -0.39 is 23.6 Å². The summed E-state index contributed by atoms with van der Waals surface area (Å²) in [5, 5.41) is 13.1. The molecule has 106 valence electrons. The van der Waals surface area contributed by atoms with Gasteiger partial charge < -0.3 is 15.7 Å². The zero-order valence-corrected chi connectivity index (χ0v) is 10.7. The SMILES string of the molecule is CC(C)[C@H](NC(=O)NCCSC(F)(F)F)C(=O)O. The van der Waals surface area contributed by atoms with E-state index >= 15 is 0 Å². The first-order chi connectivity index (χ1) is 8.13. The van der Waals surface area contributed by atoms with Gasteiger partial charge in [0.1, 0.15) is 6.04 Å². The Morgan fingerprint density at radius 3 is 2.28 bits per heavy atom. The number of aliphatic carboxylic acids is 1. The minimum absolute atomic E-state index is 0.194. The number of carboxylic acids is 1. The number of carbonyl (C=O) groups is 2. The highest BCUT2D eigenvalue weighted by molar-refractivity contribution is 8.00. The van der Waals surface area contributed by atoms with Crippen LogP contribution in [0.5, 0.6) is 0 Å². The second kappa shape index (κ2) is 7.34. The fraction of sp³-hybridized carbons (Fsp3) is 0.778. The fourth-order valence-corrected chi connectivity index (χ4v) is 1.47. The van der Waals surface area contributed by atoms with Crippen LogP contribution in [0.4, 0.5) is 18.0 Å². The summed E-state index contributed by atoms with van der Waals surface area (Å²) in [6.45, 7) is 3.03. The Bertz CT molecular complexity index is 297. The van der Waals surface area contributed by atoms with Crippen molar-refractivity contribution >= 4 is 23.8 Å². The Balaban J connectivity index is 3.93. The van der Waals surface area contributed by atoms with Crippen LogP contribution in [-0.2, 0) is 4.79 Å². The number of halogens is 3. The van der Waals surface area contributed by atoms with Gasteiger partial charge in [-0.2, -0.15) is 13.2 Å². The third kappa shape index (κ3) is 8.04. The van der Waals surface area contributed by atoms with Gasteiger partial charge >= 0.3 is 17.5 Å². The third-order valence-electron chi connectivity index (χ3n) is 1.87. The number of nitrogens with one attached hydrogen (secondary N) is 2. The number of alkyl halides is 3. The maximum Gasteiger partial charge on any atom is 0.441 e. The van der Waals surface area contributed by atoms with Gasteiger partial charge in [0.25, 0.3) is 0 Å². The maximum absolute atomic E-state index is 11.8. The first-order valence-electron chi connectivity index (χ1n) is 5.11. The van der Waals surface area contributed by atoms with Gasteiger partial charge in [0, 0.05) is 12.3 Å². The molecule has 0 spiro atoms. The molecule has 0 bridgehead atoms. The van der Waals surface area contributed by atoms with E-state index in [2.05, 4.69) is 10.6 Å². The summed E-state index contributed by atoms with van der Waals surface area (Å²) in [6, 6.07) is -1.86. The molecule has 0 saturated carbocycles. The van der Waals surface area contributed by atoms with E-state index in [-0.39, 0.29) is 30.0 Å². The molecule has 0 rings (SSSR count). The lowest BCUT2D eigenvalue weighted by molar-refractivity contribution is -0.140. The molecule has 0 aliphatic heterocycles. The van der Waals surface area contributed by atoms with Crippen molar-refractivity contribution in [1.82, 2.24) is 10.6 Å². The lowest BCUT2D eigenvalue weighted by Crippen LogP contribution is -2.49. The van der Waals surface area contributed by atoms with Crippen molar-refractivity contribution in [2.75, 3.05) is 12.3 Å². The number of hydrogen-bond acceptors (Lipinski definition) is 3. The quantitative estimate of drug-likeness (QED) is 0.649. The molecule has 0 aliphatic carbocycles. The van der Waals surface area contributed by atoms with Crippen molar-refractivity contribution in [2.45, 2.75) is 25.4 Å². The number of thioether (sulfide) groups is 1. The monoisotopic (exact) mass is 288 g/mol. The van der Waals surface area contributed by atoms with Gasteiger partial charge in [-0.3, -0.25) is 0 Å². The summed E-state index contributed by atoms with van der Waals surface area (Å²) in [7, 11) is 0. The van der Waals surface area contributed by atoms with E-state index in [0.29, 0.717) is 0 Å². The normalized spacial score (nSPS) is 13.2. The largest absolute Gasteiger partial charge is 0.480 e. The van der Waals surface area contributed by atoms with Crippen molar-refractivity contribution in [2.24, 2.45) is 5.92 Å². The molecule has 3 N–H and O–H groups in total. The molecule has 18 heavy (non-hydrogen) atoms. The molecular formula is C9H15F3N2O3S. The minimum Gasteiger partial charge on any atom is -0.480 e. The molecule has 0 unspecified atom stereocenters. The van der Waals surface area contributed by atoms with Crippen LogP contribution in [0.3, 0.4) is 0 Å². The molecule has 0 saturated heterocycles. The Hall–Kier alpha value is -1.12. The highest BCUT2D eigenvalue weighted by Gasteiger charge is 2.27. The van der Waals surface area contributed by atoms with Gasteiger partial charge in [-0.15, -0.1) is 0 Å². The molecule has 0 aromatic carbocycles. The Morgan fingerprint density at radius 2 is 1.89 bits per heavy atom. The molecule has 9 heteroatoms. The second-order valence-electron chi connectivity index (χ2n) is 3.75. The summed E-state index contributed by atoms with van der Waals surface area (Å²) in [4.78, 5) is 22.0. The van der Waals surface area contributed by atoms with Crippen LogP contribution in [0, 0.1) is 5.92 Å². The van der Waals surface area contributed by atoms with Crippen molar-refractivity contribution in [1.29, 1.82) is 0 Å². The lowest BCUT2D eigenvalue weighted by atomic mass is 10.1. The molecule has 5 nitrogen and oxygen atoms in total. The van der Waals surface area contributed by atoms with Crippen molar-refractivity contribution in [3.63, 3.8) is 0 Å². The van der Waals surface area contributed by atoms with Crippen LogP contribution in [0.25, 0.3) is 0 Å². The summed E-state index contributed by atoms with van der Waals surface area (Å²) < 4.78 is 35.3. The third-order valence-corrected chi connectivity index (χ3v) is 2.61. The Kier molecular flexibility index (Phi) is 6.89. The fourth-order valence-electron chi connectivity index (χ4n) is 1.04. The number of urea groups is 1. The first kappa shape index (κ1) is 16.9. The van der Waals surface area contributed by atoms with Gasteiger partial charge in [-0.25, -0.2) is 9.59 Å². The van der Waals surface area contributed by atoms with E-state index in [1.165, 1.54) is 0 Å². The van der Waals surface area contributed by atoms with E-state index in [9.17, 15) is 22.8 Å². The average molecular weight is 288 g/mol. The zero-order valence-electron chi connectivity index (χ0n) is 9.87. The van der Waals surface area contributed by atoms with Crippen LogP contribution in [0.15, 0.2) is 0 Å². The molecule has 1 atom stereocenters. The number of carboxylic acid groups (broad SMARTS) is 1. The summed E-state index contributed by atoms with van der Waals surface area (Å²) in [5.74, 6) is -1.83. The van der Waals surface area contributed by atoms with Crippen LogP contribution in [0.2, 0.25) is 0 Å². The van der Waals surface area contributed by atoms with Gasteiger partial charge in [0.2, 0.25) is 0 Å². The average Bonchev–Trinajstić information content (AvgIpc) is 2.18. The Morgan fingerprint density at radius 1 is 1.33 bits per heavy atom. The number of carbonyl (C=O) groups excluding carboxylic acids is 1. The molecule has 0 radical (unpaired) electrons. The summed E-state index contributed by atoms with van der Waals surface area (Å²) >= 11 is -0.252. The lowest BCUT2D eigenvalue weighted by Gasteiger charge is -2.18. The molecule has 0 fully saturated rings. The van der Waals surface area contributed by atoms with E-state index in [4.69, 9.17) is 5.11 Å². The maximum atomic E-state index is 11.8.